The second-order valence-electron chi connectivity index (χ2n) is 8.08. The Morgan fingerprint density at radius 3 is 2.83 bits per heavy atom. The summed E-state index contributed by atoms with van der Waals surface area (Å²) in [6.07, 6.45) is 1.89. The Morgan fingerprint density at radius 2 is 2.03 bits per heavy atom. The maximum Gasteiger partial charge on any atom is 0.186 e. The second-order valence-corrected chi connectivity index (χ2v) is 9.09. The van der Waals surface area contributed by atoms with Crippen LogP contribution >= 0.6 is 11.3 Å². The summed E-state index contributed by atoms with van der Waals surface area (Å²) in [6.45, 7) is 10.4. The molecule has 0 radical (unpaired) electrons. The predicted octanol–water partition coefficient (Wildman–Crippen LogP) is 4.59. The number of hydrogen-bond donors (Lipinski definition) is 0. The normalized spacial score (nSPS) is 17.4. The van der Waals surface area contributed by atoms with E-state index in [0.717, 1.165) is 60.8 Å². The van der Waals surface area contributed by atoms with Crippen molar-refractivity contribution < 1.29 is 9.53 Å². The van der Waals surface area contributed by atoms with Crippen LogP contribution in [0.5, 0.6) is 5.75 Å². The second kappa shape index (κ2) is 9.14. The molecule has 30 heavy (non-hydrogen) atoms. The highest BCUT2D eigenvalue weighted by atomic mass is 32.1. The number of nitrogens with zero attached hydrogens (tertiary/aromatic N) is 3. The van der Waals surface area contributed by atoms with Crippen molar-refractivity contribution >= 4 is 33.0 Å². The summed E-state index contributed by atoms with van der Waals surface area (Å²) in [5.74, 6) is 0.772. The van der Waals surface area contributed by atoms with Gasteiger partial charge in [-0.3, -0.25) is 9.69 Å². The summed E-state index contributed by atoms with van der Waals surface area (Å²) < 4.78 is 6.80. The zero-order valence-corrected chi connectivity index (χ0v) is 18.7. The fourth-order valence-electron chi connectivity index (χ4n) is 4.18. The molecule has 158 valence electrons. The van der Waals surface area contributed by atoms with E-state index in [1.165, 1.54) is 15.8 Å². The third-order valence-corrected chi connectivity index (χ3v) is 6.77. The molecule has 0 amide bonds. The first-order valence-electron chi connectivity index (χ1n) is 10.6. The van der Waals surface area contributed by atoms with Crippen LogP contribution in [0.1, 0.15) is 30.0 Å². The molecule has 0 aliphatic carbocycles. The van der Waals surface area contributed by atoms with E-state index in [1.807, 2.05) is 6.07 Å². The average Bonchev–Trinajstić information content (AvgIpc) is 3.15. The molecule has 0 unspecified atom stereocenters. The Labute approximate surface area is 182 Å². The predicted molar refractivity (Wildman–Crippen MR) is 124 cm³/mol. The molecule has 1 aliphatic rings. The quantitative estimate of drug-likeness (QED) is 0.520. The molecular formula is C24H29N3O2S. The summed E-state index contributed by atoms with van der Waals surface area (Å²) in [6, 6.07) is 13.2. The van der Waals surface area contributed by atoms with Gasteiger partial charge in [-0.2, -0.15) is 0 Å². The smallest absolute Gasteiger partial charge is 0.186 e. The fourth-order valence-corrected chi connectivity index (χ4v) is 5.28. The number of carbonyl (C=O) groups is 1. The number of benzene rings is 2. The van der Waals surface area contributed by atoms with Gasteiger partial charge >= 0.3 is 0 Å². The highest BCUT2D eigenvalue weighted by Crippen LogP contribution is 2.31. The van der Waals surface area contributed by atoms with Gasteiger partial charge in [0.05, 0.1) is 10.2 Å². The van der Waals surface area contributed by atoms with Crippen molar-refractivity contribution in [1.29, 1.82) is 0 Å². The van der Waals surface area contributed by atoms with Crippen molar-refractivity contribution in [3.63, 3.8) is 0 Å². The number of piperazine rings is 1. The zero-order chi connectivity index (χ0) is 21.1. The largest absolute Gasteiger partial charge is 0.486 e. The van der Waals surface area contributed by atoms with E-state index in [1.54, 1.807) is 11.3 Å². The third-order valence-electron chi connectivity index (χ3n) is 5.69. The number of fused-ring (bicyclic) bond motifs is 1. The number of aryl methyl sites for hydroxylation is 2. The van der Waals surface area contributed by atoms with E-state index < -0.39 is 0 Å². The highest BCUT2D eigenvalue weighted by molar-refractivity contribution is 7.22. The summed E-state index contributed by atoms with van der Waals surface area (Å²) in [5.41, 5.74) is 4.77. The molecular weight excluding hydrogens is 394 g/mol. The van der Waals surface area contributed by atoms with E-state index in [9.17, 15) is 4.79 Å². The highest BCUT2D eigenvalue weighted by Gasteiger charge is 2.27. The first-order chi connectivity index (χ1) is 14.6. The topological polar surface area (TPSA) is 45.7 Å². The van der Waals surface area contributed by atoms with E-state index >= 15 is 0 Å². The van der Waals surface area contributed by atoms with Crippen LogP contribution in [0, 0.1) is 13.8 Å². The number of aldehydes is 1. The van der Waals surface area contributed by atoms with Crippen molar-refractivity contribution in [3.05, 3.63) is 53.1 Å². The average molecular weight is 424 g/mol. The first kappa shape index (κ1) is 20.8. The van der Waals surface area contributed by atoms with Crippen LogP contribution in [0.3, 0.4) is 0 Å². The SMILES string of the molecule is CC[C@H]1CN(c2nc3ccc(C)cc3s2)CCN1Cc1cc(C)cc(OCC=O)c1. The van der Waals surface area contributed by atoms with Crippen molar-refractivity contribution in [1.82, 2.24) is 9.88 Å². The van der Waals surface area contributed by atoms with Gasteiger partial charge in [0.2, 0.25) is 0 Å². The molecule has 1 atom stereocenters. The van der Waals surface area contributed by atoms with Crippen LogP contribution in [-0.4, -0.2) is 48.5 Å². The minimum absolute atomic E-state index is 0.0981. The van der Waals surface area contributed by atoms with E-state index in [4.69, 9.17) is 9.72 Å². The molecule has 0 N–H and O–H groups in total. The van der Waals surface area contributed by atoms with E-state index in [2.05, 4.69) is 60.9 Å². The number of rotatable bonds is 7. The van der Waals surface area contributed by atoms with Crippen LogP contribution in [0.2, 0.25) is 0 Å². The lowest BCUT2D eigenvalue weighted by atomic mass is 10.1. The first-order valence-corrected chi connectivity index (χ1v) is 11.4. The molecule has 2 heterocycles. The minimum Gasteiger partial charge on any atom is -0.486 e. The number of aromatic nitrogens is 1. The number of ether oxygens (including phenoxy) is 1. The lowest BCUT2D eigenvalue weighted by molar-refractivity contribution is -0.109. The van der Waals surface area contributed by atoms with Crippen LogP contribution in [0.4, 0.5) is 5.13 Å². The van der Waals surface area contributed by atoms with Gasteiger partial charge in [-0.05, 0) is 61.2 Å². The van der Waals surface area contributed by atoms with Crippen LogP contribution in [-0.2, 0) is 11.3 Å². The lowest BCUT2D eigenvalue weighted by Crippen LogP contribution is -2.52. The van der Waals surface area contributed by atoms with Gasteiger partial charge in [0, 0.05) is 32.2 Å². The van der Waals surface area contributed by atoms with Gasteiger partial charge in [0.25, 0.3) is 0 Å². The van der Waals surface area contributed by atoms with Crippen molar-refractivity contribution in [2.45, 2.75) is 39.8 Å². The van der Waals surface area contributed by atoms with E-state index in [0.29, 0.717) is 6.04 Å². The molecule has 1 aliphatic heterocycles. The molecule has 2 aromatic carbocycles. The molecule has 4 rings (SSSR count). The molecule has 1 saturated heterocycles. The number of hydrogen-bond acceptors (Lipinski definition) is 6. The van der Waals surface area contributed by atoms with E-state index in [-0.39, 0.29) is 6.61 Å². The maximum absolute atomic E-state index is 10.6. The Hall–Kier alpha value is -2.44. The van der Waals surface area contributed by atoms with Gasteiger partial charge in [-0.25, -0.2) is 4.98 Å². The molecule has 5 nitrogen and oxygen atoms in total. The molecule has 0 spiro atoms. The summed E-state index contributed by atoms with van der Waals surface area (Å²) >= 11 is 1.80. The molecule has 1 aromatic heterocycles. The Bertz CT molecular complexity index is 1030. The van der Waals surface area contributed by atoms with Gasteiger partial charge < -0.3 is 9.64 Å². The summed E-state index contributed by atoms with van der Waals surface area (Å²) in [7, 11) is 0. The monoisotopic (exact) mass is 423 g/mol. The molecule has 0 saturated carbocycles. The molecule has 0 bridgehead atoms. The minimum atomic E-state index is 0.0981. The zero-order valence-electron chi connectivity index (χ0n) is 17.9. The number of anilines is 1. The molecule has 3 aromatic rings. The van der Waals surface area contributed by atoms with Gasteiger partial charge in [0.15, 0.2) is 11.4 Å². The number of carbonyl (C=O) groups excluding carboxylic acids is 1. The maximum atomic E-state index is 10.6. The molecule has 6 heteroatoms. The Kier molecular flexibility index (Phi) is 6.35. The van der Waals surface area contributed by atoms with Gasteiger partial charge in [0.1, 0.15) is 12.4 Å². The Morgan fingerprint density at radius 1 is 1.17 bits per heavy atom. The van der Waals surface area contributed by atoms with Crippen LogP contribution in [0.25, 0.3) is 10.2 Å². The summed E-state index contributed by atoms with van der Waals surface area (Å²) in [5, 5.41) is 1.13. The van der Waals surface area contributed by atoms with Gasteiger partial charge in [-0.1, -0.05) is 30.4 Å². The standard InChI is InChI=1S/C24H29N3O2S/c1-4-20-16-27(24-25-22-6-5-17(2)13-23(22)30-24)8-7-26(20)15-19-11-18(3)12-21(14-19)29-10-9-28/h5-6,9,11-14,20H,4,7-8,10,15-16H2,1-3H3/t20-/m0/s1. The third kappa shape index (κ3) is 4.65. The summed E-state index contributed by atoms with van der Waals surface area (Å²) in [4.78, 5) is 20.5. The van der Waals surface area contributed by atoms with Crippen molar-refractivity contribution in [2.24, 2.45) is 0 Å². The molecule has 1 fully saturated rings. The van der Waals surface area contributed by atoms with Gasteiger partial charge in [-0.15, -0.1) is 0 Å². The van der Waals surface area contributed by atoms with Crippen LogP contribution in [0.15, 0.2) is 36.4 Å². The lowest BCUT2D eigenvalue weighted by Gasteiger charge is -2.41. The van der Waals surface area contributed by atoms with Crippen LogP contribution < -0.4 is 9.64 Å². The Balaban J connectivity index is 1.47. The fraction of sp³-hybridized carbons (Fsp3) is 0.417. The van der Waals surface area contributed by atoms with Crippen molar-refractivity contribution in [2.75, 3.05) is 31.1 Å². The van der Waals surface area contributed by atoms with Crippen molar-refractivity contribution in [3.8, 4) is 5.75 Å². The number of thiazole rings is 1.